The minimum absolute atomic E-state index is 0.00591. The molecule has 0 atom stereocenters. The van der Waals surface area contributed by atoms with Crippen LogP contribution in [0.2, 0.25) is 0 Å². The van der Waals surface area contributed by atoms with Crippen LogP contribution in [-0.2, 0) is 13.0 Å². The number of benzene rings is 1. The fourth-order valence-electron chi connectivity index (χ4n) is 2.00. The summed E-state index contributed by atoms with van der Waals surface area (Å²) in [7, 11) is 1.64. The van der Waals surface area contributed by atoms with Crippen molar-refractivity contribution < 1.29 is 9.53 Å². The maximum atomic E-state index is 12.1. The molecule has 20 heavy (non-hydrogen) atoms. The van der Waals surface area contributed by atoms with Gasteiger partial charge >= 0.3 is 0 Å². The largest absolute Gasteiger partial charge is 0.497 e. The van der Waals surface area contributed by atoms with Gasteiger partial charge in [0.15, 0.2) is 0 Å². The predicted molar refractivity (Wildman–Crippen MR) is 82.6 cm³/mol. The first-order valence-corrected chi connectivity index (χ1v) is 7.46. The van der Waals surface area contributed by atoms with Gasteiger partial charge in [-0.2, -0.15) is 0 Å². The molecule has 0 aliphatic heterocycles. The Morgan fingerprint density at radius 1 is 1.30 bits per heavy atom. The lowest BCUT2D eigenvalue weighted by Gasteiger charge is -2.05. The Kier molecular flexibility index (Phi) is 4.79. The van der Waals surface area contributed by atoms with Crippen molar-refractivity contribution in [3.63, 3.8) is 0 Å². The standard InChI is InChI=1S/C16H19NO2S/c1-4-13-9-15(20-11(13)2)16(18)17-10-12-5-7-14(19-3)8-6-12/h5-9H,4,10H2,1-3H3,(H,17,18). The lowest BCUT2D eigenvalue weighted by molar-refractivity contribution is 0.0955. The van der Waals surface area contributed by atoms with Gasteiger partial charge in [-0.25, -0.2) is 0 Å². The van der Waals surface area contributed by atoms with Crippen LogP contribution in [0.25, 0.3) is 0 Å². The normalized spacial score (nSPS) is 10.3. The van der Waals surface area contributed by atoms with Gasteiger partial charge in [-0.3, -0.25) is 4.79 Å². The van der Waals surface area contributed by atoms with E-state index in [1.807, 2.05) is 30.3 Å². The van der Waals surface area contributed by atoms with Crippen LogP contribution in [0.5, 0.6) is 5.75 Å². The number of aryl methyl sites for hydroxylation is 2. The summed E-state index contributed by atoms with van der Waals surface area (Å²) in [4.78, 5) is 14.1. The van der Waals surface area contributed by atoms with Crippen LogP contribution in [-0.4, -0.2) is 13.0 Å². The first-order valence-electron chi connectivity index (χ1n) is 6.64. The summed E-state index contributed by atoms with van der Waals surface area (Å²) in [5, 5.41) is 2.95. The third kappa shape index (κ3) is 3.39. The zero-order valence-electron chi connectivity index (χ0n) is 12.0. The Hall–Kier alpha value is -1.81. The Morgan fingerprint density at radius 3 is 2.55 bits per heavy atom. The van der Waals surface area contributed by atoms with Gasteiger partial charge in [0.1, 0.15) is 5.75 Å². The molecule has 2 rings (SSSR count). The molecule has 0 radical (unpaired) electrons. The summed E-state index contributed by atoms with van der Waals surface area (Å²) >= 11 is 1.56. The highest BCUT2D eigenvalue weighted by Crippen LogP contribution is 2.22. The van der Waals surface area contributed by atoms with E-state index in [2.05, 4.69) is 19.2 Å². The van der Waals surface area contributed by atoms with Gasteiger partial charge in [-0.15, -0.1) is 11.3 Å². The maximum absolute atomic E-state index is 12.1. The van der Waals surface area contributed by atoms with Gasteiger partial charge in [0, 0.05) is 11.4 Å². The monoisotopic (exact) mass is 289 g/mol. The average Bonchev–Trinajstić information content (AvgIpc) is 2.86. The molecule has 1 aromatic heterocycles. The number of rotatable bonds is 5. The molecule has 0 aliphatic rings. The van der Waals surface area contributed by atoms with E-state index < -0.39 is 0 Å². The molecular weight excluding hydrogens is 270 g/mol. The fraction of sp³-hybridized carbons (Fsp3) is 0.312. The third-order valence-electron chi connectivity index (χ3n) is 3.24. The molecule has 0 unspecified atom stereocenters. The van der Waals surface area contributed by atoms with Crippen molar-refractivity contribution in [3.8, 4) is 5.75 Å². The highest BCUT2D eigenvalue weighted by atomic mass is 32.1. The summed E-state index contributed by atoms with van der Waals surface area (Å²) < 4.78 is 5.11. The van der Waals surface area contributed by atoms with Gasteiger partial charge in [0.05, 0.1) is 12.0 Å². The molecule has 0 saturated carbocycles. The van der Waals surface area contributed by atoms with E-state index in [1.165, 1.54) is 10.4 Å². The summed E-state index contributed by atoms with van der Waals surface area (Å²) in [5.74, 6) is 0.815. The van der Waals surface area contributed by atoms with Gasteiger partial charge < -0.3 is 10.1 Å². The predicted octanol–water partition coefficient (Wildman–Crippen LogP) is 3.56. The Morgan fingerprint density at radius 2 is 2.00 bits per heavy atom. The van der Waals surface area contributed by atoms with Crippen LogP contribution >= 0.6 is 11.3 Å². The molecule has 0 bridgehead atoms. The molecule has 0 aliphatic carbocycles. The lowest BCUT2D eigenvalue weighted by atomic mass is 10.2. The maximum Gasteiger partial charge on any atom is 0.261 e. The van der Waals surface area contributed by atoms with E-state index in [-0.39, 0.29) is 5.91 Å². The number of methoxy groups -OCH3 is 1. The number of hydrogen-bond donors (Lipinski definition) is 1. The van der Waals surface area contributed by atoms with Crippen LogP contribution in [0, 0.1) is 6.92 Å². The summed E-state index contributed by atoms with van der Waals surface area (Å²) in [6.07, 6.45) is 0.966. The van der Waals surface area contributed by atoms with Gasteiger partial charge in [-0.1, -0.05) is 19.1 Å². The molecular formula is C16H19NO2S. The molecule has 0 saturated heterocycles. The fourth-order valence-corrected chi connectivity index (χ4v) is 3.03. The zero-order valence-corrected chi connectivity index (χ0v) is 12.8. The topological polar surface area (TPSA) is 38.3 Å². The molecule has 4 heteroatoms. The zero-order chi connectivity index (χ0) is 14.5. The molecule has 1 amide bonds. The average molecular weight is 289 g/mol. The van der Waals surface area contributed by atoms with Crippen LogP contribution in [0.3, 0.4) is 0 Å². The summed E-state index contributed by atoms with van der Waals surface area (Å²) in [6.45, 7) is 4.69. The number of carbonyl (C=O) groups excluding carboxylic acids is 1. The van der Waals surface area contributed by atoms with Crippen molar-refractivity contribution in [1.29, 1.82) is 0 Å². The number of thiophene rings is 1. The minimum Gasteiger partial charge on any atom is -0.497 e. The van der Waals surface area contributed by atoms with Crippen LogP contribution < -0.4 is 10.1 Å². The van der Waals surface area contributed by atoms with Gasteiger partial charge in [0.25, 0.3) is 5.91 Å². The lowest BCUT2D eigenvalue weighted by Crippen LogP contribution is -2.21. The Balaban J connectivity index is 1.96. The second-order valence-electron chi connectivity index (χ2n) is 4.58. The van der Waals surface area contributed by atoms with Crippen LogP contribution in [0.15, 0.2) is 30.3 Å². The van der Waals surface area contributed by atoms with E-state index in [1.54, 1.807) is 18.4 Å². The van der Waals surface area contributed by atoms with E-state index >= 15 is 0 Å². The molecule has 1 aromatic carbocycles. The SMILES string of the molecule is CCc1cc(C(=O)NCc2ccc(OC)cc2)sc1C. The highest BCUT2D eigenvalue weighted by Gasteiger charge is 2.11. The molecule has 0 fully saturated rings. The molecule has 3 nitrogen and oxygen atoms in total. The molecule has 1 heterocycles. The number of hydrogen-bond acceptors (Lipinski definition) is 3. The molecule has 1 N–H and O–H groups in total. The van der Waals surface area contributed by atoms with Gasteiger partial charge in [0.2, 0.25) is 0 Å². The van der Waals surface area contributed by atoms with Gasteiger partial charge in [-0.05, 0) is 42.7 Å². The van der Waals surface area contributed by atoms with E-state index in [0.29, 0.717) is 6.54 Å². The number of carbonyl (C=O) groups is 1. The van der Waals surface area contributed by atoms with Crippen molar-refractivity contribution in [2.24, 2.45) is 0 Å². The van der Waals surface area contributed by atoms with Crippen LogP contribution in [0.1, 0.15) is 32.6 Å². The smallest absolute Gasteiger partial charge is 0.261 e. The van der Waals surface area contributed by atoms with E-state index in [9.17, 15) is 4.79 Å². The third-order valence-corrected chi connectivity index (χ3v) is 4.33. The highest BCUT2D eigenvalue weighted by molar-refractivity contribution is 7.14. The minimum atomic E-state index is -0.00591. The van der Waals surface area contributed by atoms with E-state index in [4.69, 9.17) is 4.74 Å². The van der Waals surface area contributed by atoms with Crippen molar-refractivity contribution in [2.75, 3.05) is 7.11 Å². The molecule has 0 spiro atoms. The number of ether oxygens (including phenoxy) is 1. The molecule has 2 aromatic rings. The quantitative estimate of drug-likeness (QED) is 0.914. The van der Waals surface area contributed by atoms with Crippen molar-refractivity contribution in [3.05, 3.63) is 51.2 Å². The van der Waals surface area contributed by atoms with Crippen molar-refractivity contribution in [2.45, 2.75) is 26.8 Å². The van der Waals surface area contributed by atoms with Crippen molar-refractivity contribution in [1.82, 2.24) is 5.32 Å². The molecule has 106 valence electrons. The number of nitrogens with one attached hydrogen (secondary N) is 1. The Labute approximate surface area is 123 Å². The first-order chi connectivity index (χ1) is 9.63. The summed E-state index contributed by atoms with van der Waals surface area (Å²) in [5.41, 5.74) is 2.31. The summed E-state index contributed by atoms with van der Waals surface area (Å²) in [6, 6.07) is 9.69. The first kappa shape index (κ1) is 14.6. The Bertz CT molecular complexity index is 587. The van der Waals surface area contributed by atoms with Crippen molar-refractivity contribution >= 4 is 17.2 Å². The van der Waals surface area contributed by atoms with Crippen LogP contribution in [0.4, 0.5) is 0 Å². The number of amides is 1. The second kappa shape index (κ2) is 6.57. The second-order valence-corrected chi connectivity index (χ2v) is 5.83. The van der Waals surface area contributed by atoms with E-state index in [0.717, 1.165) is 22.6 Å².